The average Bonchev–Trinajstić information content (AvgIpc) is 1.91. The van der Waals surface area contributed by atoms with Crippen molar-refractivity contribution in [2.45, 2.75) is 38.7 Å². The van der Waals surface area contributed by atoms with Crippen LogP contribution in [0, 0.1) is 0 Å². The Balaban J connectivity index is 2.37. The van der Waals surface area contributed by atoms with Crippen LogP contribution in [0.5, 0.6) is 0 Å². The molecule has 1 aliphatic carbocycles. The summed E-state index contributed by atoms with van der Waals surface area (Å²) in [7, 11) is 0. The maximum Gasteiger partial charge on any atom is 0.522 e. The van der Waals surface area contributed by atoms with Crippen LogP contribution in [0.3, 0.4) is 0 Å². The minimum Gasteiger partial charge on any atom is -0.288 e. The van der Waals surface area contributed by atoms with Crippen LogP contribution in [0.15, 0.2) is 11.6 Å². The fourth-order valence-electron chi connectivity index (χ4n) is 1.24. The molecule has 0 aromatic rings. The molecule has 70 valence electrons. The Kier molecular flexibility index (Phi) is 2.77. The topological polar surface area (TPSA) is 9.23 Å². The first-order valence-electron chi connectivity index (χ1n) is 3.87. The highest BCUT2D eigenvalue weighted by Gasteiger charge is 2.33. The molecule has 0 heterocycles. The number of allylic oxidation sites excluding steroid dienone is 1. The van der Waals surface area contributed by atoms with Crippen LogP contribution >= 0.6 is 0 Å². The third kappa shape index (κ3) is 3.26. The van der Waals surface area contributed by atoms with E-state index in [0.717, 1.165) is 5.57 Å². The molecule has 1 unspecified atom stereocenters. The Hall–Kier alpha value is -0.510. The molecular formula is C8H11F3O. The first-order chi connectivity index (χ1) is 5.47. The van der Waals surface area contributed by atoms with E-state index in [1.807, 2.05) is 6.92 Å². The predicted octanol–water partition coefficient (Wildman–Crippen LogP) is 3.02. The Morgan fingerprint density at radius 1 is 1.50 bits per heavy atom. The Morgan fingerprint density at radius 3 is 2.58 bits per heavy atom. The highest BCUT2D eigenvalue weighted by Crippen LogP contribution is 2.26. The summed E-state index contributed by atoms with van der Waals surface area (Å²) in [6.07, 6.45) is -1.79. The number of alkyl halides is 3. The number of ether oxygens (including phenoxy) is 1. The molecule has 4 heteroatoms. The average molecular weight is 180 g/mol. The lowest BCUT2D eigenvalue weighted by Gasteiger charge is -2.21. The first kappa shape index (κ1) is 9.58. The summed E-state index contributed by atoms with van der Waals surface area (Å²) < 4.78 is 39.0. The molecule has 1 aliphatic rings. The number of hydrogen-bond donors (Lipinski definition) is 0. The zero-order valence-electron chi connectivity index (χ0n) is 6.82. The van der Waals surface area contributed by atoms with Gasteiger partial charge in [-0.1, -0.05) is 11.6 Å². The summed E-state index contributed by atoms with van der Waals surface area (Å²) in [5.74, 6) is 0. The molecule has 1 nitrogen and oxygen atoms in total. The quantitative estimate of drug-likeness (QED) is 0.563. The van der Waals surface area contributed by atoms with Gasteiger partial charge in [0.25, 0.3) is 0 Å². The minimum absolute atomic E-state index is 0.380. The Bertz CT molecular complexity index is 183. The van der Waals surface area contributed by atoms with Gasteiger partial charge in [0, 0.05) is 0 Å². The van der Waals surface area contributed by atoms with Crippen LogP contribution in [0.1, 0.15) is 26.2 Å². The van der Waals surface area contributed by atoms with Crippen molar-refractivity contribution in [3.8, 4) is 0 Å². The van der Waals surface area contributed by atoms with Gasteiger partial charge in [-0.25, -0.2) is 0 Å². The maximum absolute atomic E-state index is 11.7. The fourth-order valence-corrected chi connectivity index (χ4v) is 1.24. The molecule has 0 spiro atoms. The first-order valence-corrected chi connectivity index (χ1v) is 3.87. The van der Waals surface area contributed by atoms with Crippen LogP contribution in [-0.2, 0) is 4.74 Å². The molecule has 1 rings (SSSR count). The molecule has 0 N–H and O–H groups in total. The van der Waals surface area contributed by atoms with Crippen molar-refractivity contribution in [2.24, 2.45) is 0 Å². The second-order valence-corrected chi connectivity index (χ2v) is 3.01. The number of hydrogen-bond acceptors (Lipinski definition) is 1. The van der Waals surface area contributed by atoms with Gasteiger partial charge in [-0.3, -0.25) is 4.74 Å². The van der Waals surface area contributed by atoms with Gasteiger partial charge in [-0.05, 0) is 26.2 Å². The predicted molar refractivity (Wildman–Crippen MR) is 38.5 cm³/mol. The minimum atomic E-state index is -4.48. The van der Waals surface area contributed by atoms with Crippen molar-refractivity contribution in [3.05, 3.63) is 11.6 Å². The zero-order valence-corrected chi connectivity index (χ0v) is 6.82. The maximum atomic E-state index is 11.7. The Morgan fingerprint density at radius 2 is 2.17 bits per heavy atom. The summed E-state index contributed by atoms with van der Waals surface area (Å²) in [5.41, 5.74) is 1.15. The van der Waals surface area contributed by atoms with Crippen LogP contribution < -0.4 is 0 Å². The van der Waals surface area contributed by atoms with Crippen molar-refractivity contribution >= 4 is 0 Å². The second kappa shape index (κ2) is 3.47. The van der Waals surface area contributed by atoms with Crippen LogP contribution in [0.2, 0.25) is 0 Å². The number of halogens is 3. The van der Waals surface area contributed by atoms with Crippen LogP contribution in [0.25, 0.3) is 0 Å². The van der Waals surface area contributed by atoms with E-state index >= 15 is 0 Å². The van der Waals surface area contributed by atoms with Crippen LogP contribution in [0.4, 0.5) is 13.2 Å². The van der Waals surface area contributed by atoms with E-state index in [0.29, 0.717) is 19.3 Å². The van der Waals surface area contributed by atoms with Crippen molar-refractivity contribution < 1.29 is 17.9 Å². The molecule has 0 aromatic heterocycles. The van der Waals surface area contributed by atoms with Crippen molar-refractivity contribution in [3.63, 3.8) is 0 Å². The summed E-state index contributed by atoms with van der Waals surface area (Å²) in [5, 5.41) is 0. The SMILES string of the molecule is CC1=CCC(OC(F)(F)F)CC1. The van der Waals surface area contributed by atoms with E-state index in [1.165, 1.54) is 0 Å². The molecule has 0 saturated heterocycles. The molecule has 0 aliphatic heterocycles. The Labute approximate surface area is 69.2 Å². The lowest BCUT2D eigenvalue weighted by molar-refractivity contribution is -0.343. The molecule has 0 amide bonds. The summed E-state index contributed by atoms with van der Waals surface area (Å²) in [6.45, 7) is 1.92. The molecule has 0 bridgehead atoms. The standard InChI is InChI=1S/C8H11F3O/c1-6-2-4-7(5-3-6)12-8(9,10)11/h2,7H,3-5H2,1H3. The van der Waals surface area contributed by atoms with Gasteiger partial charge in [0.1, 0.15) is 0 Å². The molecule has 1 atom stereocenters. The van der Waals surface area contributed by atoms with Gasteiger partial charge < -0.3 is 0 Å². The highest BCUT2D eigenvalue weighted by molar-refractivity contribution is 5.03. The van der Waals surface area contributed by atoms with E-state index in [2.05, 4.69) is 4.74 Å². The molecule has 0 radical (unpaired) electrons. The van der Waals surface area contributed by atoms with Crippen molar-refractivity contribution in [1.29, 1.82) is 0 Å². The van der Waals surface area contributed by atoms with E-state index in [4.69, 9.17) is 0 Å². The molecule has 0 aromatic carbocycles. The van der Waals surface area contributed by atoms with E-state index in [1.54, 1.807) is 6.08 Å². The van der Waals surface area contributed by atoms with Gasteiger partial charge in [0.15, 0.2) is 0 Å². The molecule has 12 heavy (non-hydrogen) atoms. The van der Waals surface area contributed by atoms with Crippen molar-refractivity contribution in [2.75, 3.05) is 0 Å². The third-order valence-corrected chi connectivity index (χ3v) is 1.89. The van der Waals surface area contributed by atoms with Gasteiger partial charge in [0.05, 0.1) is 6.10 Å². The summed E-state index contributed by atoms with van der Waals surface area (Å²) in [6, 6.07) is 0. The summed E-state index contributed by atoms with van der Waals surface area (Å²) >= 11 is 0. The lowest BCUT2D eigenvalue weighted by atomic mass is 9.98. The fraction of sp³-hybridized carbons (Fsp3) is 0.750. The smallest absolute Gasteiger partial charge is 0.288 e. The lowest BCUT2D eigenvalue weighted by Crippen LogP contribution is -2.24. The van der Waals surface area contributed by atoms with E-state index in [-0.39, 0.29) is 0 Å². The van der Waals surface area contributed by atoms with Gasteiger partial charge >= 0.3 is 6.36 Å². The molecule has 0 fully saturated rings. The second-order valence-electron chi connectivity index (χ2n) is 3.01. The van der Waals surface area contributed by atoms with E-state index < -0.39 is 12.5 Å². The molecular weight excluding hydrogens is 169 g/mol. The highest BCUT2D eigenvalue weighted by atomic mass is 19.4. The third-order valence-electron chi connectivity index (χ3n) is 1.89. The van der Waals surface area contributed by atoms with Gasteiger partial charge in [-0.2, -0.15) is 0 Å². The van der Waals surface area contributed by atoms with Crippen LogP contribution in [-0.4, -0.2) is 12.5 Å². The monoisotopic (exact) mass is 180 g/mol. The molecule has 0 saturated carbocycles. The normalized spacial score (nSPS) is 25.3. The van der Waals surface area contributed by atoms with Gasteiger partial charge in [0.2, 0.25) is 0 Å². The largest absolute Gasteiger partial charge is 0.522 e. The summed E-state index contributed by atoms with van der Waals surface area (Å²) in [4.78, 5) is 0. The van der Waals surface area contributed by atoms with E-state index in [9.17, 15) is 13.2 Å². The van der Waals surface area contributed by atoms with Gasteiger partial charge in [-0.15, -0.1) is 13.2 Å². The zero-order chi connectivity index (χ0) is 9.19. The van der Waals surface area contributed by atoms with Crippen molar-refractivity contribution in [1.82, 2.24) is 0 Å². The number of rotatable bonds is 1.